The van der Waals surface area contributed by atoms with E-state index in [1.807, 2.05) is 6.20 Å². The molecule has 0 bridgehead atoms. The van der Waals surface area contributed by atoms with Gasteiger partial charge in [-0.05, 0) is 32.3 Å². The highest BCUT2D eigenvalue weighted by molar-refractivity contribution is 5.18. The Balaban J connectivity index is 2.30. The van der Waals surface area contributed by atoms with E-state index in [1.54, 1.807) is 7.11 Å². The van der Waals surface area contributed by atoms with Gasteiger partial charge in [-0.3, -0.25) is 4.68 Å². The van der Waals surface area contributed by atoms with Gasteiger partial charge in [-0.1, -0.05) is 0 Å². The molecule has 1 heterocycles. The Morgan fingerprint density at radius 1 is 1.54 bits per heavy atom. The van der Waals surface area contributed by atoms with Crippen LogP contribution >= 0.6 is 0 Å². The van der Waals surface area contributed by atoms with Gasteiger partial charge in [0, 0.05) is 12.8 Å². The molecule has 0 atom stereocenters. The van der Waals surface area contributed by atoms with E-state index in [4.69, 9.17) is 4.74 Å². The van der Waals surface area contributed by atoms with Crippen molar-refractivity contribution in [1.82, 2.24) is 9.78 Å². The van der Waals surface area contributed by atoms with Crippen LogP contribution in [0.4, 0.5) is 0 Å². The molecule has 1 saturated carbocycles. The third-order valence-electron chi connectivity index (χ3n) is 2.94. The molecule has 0 amide bonds. The van der Waals surface area contributed by atoms with Gasteiger partial charge in [0.15, 0.2) is 0 Å². The van der Waals surface area contributed by atoms with Crippen LogP contribution in [0.3, 0.4) is 0 Å². The summed E-state index contributed by atoms with van der Waals surface area (Å²) in [5.74, 6) is 0. The van der Waals surface area contributed by atoms with Crippen molar-refractivity contribution in [2.45, 2.75) is 32.2 Å². The molecule has 1 aliphatic rings. The van der Waals surface area contributed by atoms with Crippen molar-refractivity contribution in [3.63, 3.8) is 0 Å². The summed E-state index contributed by atoms with van der Waals surface area (Å²) in [4.78, 5) is 0. The van der Waals surface area contributed by atoms with Gasteiger partial charge in [-0.15, -0.1) is 0 Å². The minimum atomic E-state index is 0.188. The number of ether oxygens (including phenoxy) is 1. The van der Waals surface area contributed by atoms with E-state index in [1.165, 1.54) is 24.1 Å². The zero-order valence-electron chi connectivity index (χ0n) is 8.50. The van der Waals surface area contributed by atoms with Crippen LogP contribution in [0.15, 0.2) is 6.20 Å². The lowest BCUT2D eigenvalue weighted by atomic mass is 10.2. The topological polar surface area (TPSA) is 27.1 Å². The lowest BCUT2D eigenvalue weighted by molar-refractivity contribution is 0.136. The molecule has 0 aliphatic heterocycles. The molecule has 1 aromatic rings. The van der Waals surface area contributed by atoms with Crippen molar-refractivity contribution in [2.24, 2.45) is 0 Å². The van der Waals surface area contributed by atoms with Crippen molar-refractivity contribution < 1.29 is 4.74 Å². The highest BCUT2D eigenvalue weighted by Crippen LogP contribution is 2.44. The van der Waals surface area contributed by atoms with Gasteiger partial charge in [0.1, 0.15) is 0 Å². The molecule has 3 heteroatoms. The van der Waals surface area contributed by atoms with E-state index in [-0.39, 0.29) is 5.54 Å². The average Bonchev–Trinajstić information content (AvgIpc) is 2.79. The molecule has 13 heavy (non-hydrogen) atoms. The van der Waals surface area contributed by atoms with Gasteiger partial charge in [-0.2, -0.15) is 5.10 Å². The molecule has 0 radical (unpaired) electrons. The van der Waals surface area contributed by atoms with E-state index in [2.05, 4.69) is 23.6 Å². The van der Waals surface area contributed by atoms with E-state index >= 15 is 0 Å². The molecule has 72 valence electrons. The van der Waals surface area contributed by atoms with Crippen LogP contribution in [0, 0.1) is 13.8 Å². The second-order valence-electron chi connectivity index (χ2n) is 3.98. The third-order valence-corrected chi connectivity index (χ3v) is 2.94. The first-order valence-electron chi connectivity index (χ1n) is 4.70. The first-order valence-corrected chi connectivity index (χ1v) is 4.70. The summed E-state index contributed by atoms with van der Waals surface area (Å²) < 4.78 is 7.36. The maximum atomic E-state index is 5.23. The molecule has 1 fully saturated rings. The normalized spacial score (nSPS) is 19.0. The van der Waals surface area contributed by atoms with Crippen LogP contribution in [-0.4, -0.2) is 23.5 Å². The van der Waals surface area contributed by atoms with Gasteiger partial charge >= 0.3 is 0 Å². The predicted molar refractivity (Wildman–Crippen MR) is 50.8 cm³/mol. The Hall–Kier alpha value is -0.830. The minimum Gasteiger partial charge on any atom is -0.382 e. The highest BCUT2D eigenvalue weighted by Gasteiger charge is 2.46. The fourth-order valence-corrected chi connectivity index (χ4v) is 1.80. The van der Waals surface area contributed by atoms with Crippen molar-refractivity contribution in [3.8, 4) is 0 Å². The van der Waals surface area contributed by atoms with Gasteiger partial charge < -0.3 is 4.74 Å². The zero-order valence-corrected chi connectivity index (χ0v) is 8.50. The van der Waals surface area contributed by atoms with E-state index in [0.717, 1.165) is 6.61 Å². The molecule has 0 unspecified atom stereocenters. The quantitative estimate of drug-likeness (QED) is 0.707. The largest absolute Gasteiger partial charge is 0.382 e. The van der Waals surface area contributed by atoms with E-state index in [9.17, 15) is 0 Å². The fraction of sp³-hybridized carbons (Fsp3) is 0.700. The van der Waals surface area contributed by atoms with Crippen LogP contribution in [0.1, 0.15) is 24.1 Å². The van der Waals surface area contributed by atoms with Crippen molar-refractivity contribution in [3.05, 3.63) is 17.5 Å². The number of methoxy groups -OCH3 is 1. The van der Waals surface area contributed by atoms with Gasteiger partial charge in [-0.25, -0.2) is 0 Å². The predicted octanol–water partition coefficient (Wildman–Crippen LogP) is 1.64. The van der Waals surface area contributed by atoms with Crippen molar-refractivity contribution in [2.75, 3.05) is 13.7 Å². The average molecular weight is 180 g/mol. The molecule has 3 nitrogen and oxygen atoms in total. The summed E-state index contributed by atoms with van der Waals surface area (Å²) in [6.07, 6.45) is 4.33. The molecule has 2 rings (SSSR count). The summed E-state index contributed by atoms with van der Waals surface area (Å²) in [5.41, 5.74) is 2.73. The summed E-state index contributed by atoms with van der Waals surface area (Å²) in [6.45, 7) is 5.01. The third kappa shape index (κ3) is 1.27. The van der Waals surface area contributed by atoms with Gasteiger partial charge in [0.2, 0.25) is 0 Å². The molecule has 1 aromatic heterocycles. The molecular formula is C10H16N2O. The zero-order chi connectivity index (χ0) is 9.47. The van der Waals surface area contributed by atoms with Gasteiger partial charge in [0.05, 0.1) is 18.3 Å². The lowest BCUT2D eigenvalue weighted by Gasteiger charge is -2.16. The first kappa shape index (κ1) is 8.75. The number of nitrogens with zero attached hydrogens (tertiary/aromatic N) is 2. The summed E-state index contributed by atoms with van der Waals surface area (Å²) in [6, 6.07) is 0. The van der Waals surface area contributed by atoms with Crippen LogP contribution < -0.4 is 0 Å². The Morgan fingerprint density at radius 2 is 2.23 bits per heavy atom. The van der Waals surface area contributed by atoms with E-state index in [0.29, 0.717) is 0 Å². The highest BCUT2D eigenvalue weighted by atomic mass is 16.5. The Labute approximate surface area is 78.7 Å². The van der Waals surface area contributed by atoms with Crippen molar-refractivity contribution >= 4 is 0 Å². The summed E-state index contributed by atoms with van der Waals surface area (Å²) >= 11 is 0. The SMILES string of the molecule is COCC1(n2ncc(C)c2C)CC1. The summed E-state index contributed by atoms with van der Waals surface area (Å²) in [7, 11) is 1.76. The number of aryl methyl sites for hydroxylation is 1. The maximum Gasteiger partial charge on any atom is 0.0864 e. The Morgan fingerprint density at radius 3 is 2.62 bits per heavy atom. The van der Waals surface area contributed by atoms with Crippen LogP contribution in [0.2, 0.25) is 0 Å². The molecular weight excluding hydrogens is 164 g/mol. The smallest absolute Gasteiger partial charge is 0.0864 e. The Bertz CT molecular complexity index is 313. The first-order chi connectivity index (χ1) is 6.19. The standard InChI is InChI=1S/C10H16N2O/c1-8-6-11-12(9(8)2)10(4-5-10)7-13-3/h6H,4-5,7H2,1-3H3. The monoisotopic (exact) mass is 180 g/mol. The Kier molecular flexibility index (Phi) is 1.91. The maximum absolute atomic E-state index is 5.23. The lowest BCUT2D eigenvalue weighted by Crippen LogP contribution is -2.25. The molecule has 0 spiro atoms. The summed E-state index contributed by atoms with van der Waals surface area (Å²) in [5, 5.41) is 4.40. The van der Waals surface area contributed by atoms with Crippen LogP contribution in [0.25, 0.3) is 0 Å². The number of aromatic nitrogens is 2. The molecule has 0 saturated heterocycles. The number of rotatable bonds is 3. The number of hydrogen-bond acceptors (Lipinski definition) is 2. The molecule has 0 aromatic carbocycles. The van der Waals surface area contributed by atoms with E-state index < -0.39 is 0 Å². The number of hydrogen-bond donors (Lipinski definition) is 0. The second-order valence-corrected chi connectivity index (χ2v) is 3.98. The molecule has 1 aliphatic carbocycles. The van der Waals surface area contributed by atoms with Crippen LogP contribution in [0.5, 0.6) is 0 Å². The molecule has 0 N–H and O–H groups in total. The van der Waals surface area contributed by atoms with Crippen LogP contribution in [-0.2, 0) is 10.3 Å². The second kappa shape index (κ2) is 2.84. The van der Waals surface area contributed by atoms with Gasteiger partial charge in [0.25, 0.3) is 0 Å². The minimum absolute atomic E-state index is 0.188. The fourth-order valence-electron chi connectivity index (χ4n) is 1.80. The van der Waals surface area contributed by atoms with Crippen molar-refractivity contribution in [1.29, 1.82) is 0 Å².